The van der Waals surface area contributed by atoms with Gasteiger partial charge in [0.2, 0.25) is 0 Å². The molecule has 6 rings (SSSR count). The van der Waals surface area contributed by atoms with Crippen molar-refractivity contribution in [3.05, 3.63) is 140 Å². The lowest BCUT2D eigenvalue weighted by Crippen LogP contribution is -2.13. The zero-order valence-corrected chi connectivity index (χ0v) is 27.6. The second-order valence-corrected chi connectivity index (χ2v) is 12.2. The Bertz CT molecular complexity index is 1840. The molecule has 0 saturated heterocycles. The van der Waals surface area contributed by atoms with E-state index in [1.165, 1.54) is 0 Å². The van der Waals surface area contributed by atoms with E-state index < -0.39 is 12.6 Å². The van der Waals surface area contributed by atoms with Gasteiger partial charge in [-0.25, -0.2) is 4.79 Å². The maximum atomic E-state index is 13.7. The van der Waals surface area contributed by atoms with Crippen LogP contribution in [-0.2, 0) is 30.5 Å². The zero-order chi connectivity index (χ0) is 33.8. The van der Waals surface area contributed by atoms with E-state index in [1.54, 1.807) is 0 Å². The number of rotatable bonds is 4. The molecular formula is C42H45O6-. The summed E-state index contributed by atoms with van der Waals surface area (Å²) in [6, 6.07) is 25.2. The number of aryl methyl sites for hydroxylation is 3. The quantitative estimate of drug-likeness (QED) is 0.177. The summed E-state index contributed by atoms with van der Waals surface area (Å²) in [6.07, 6.45) is 1.02. The molecule has 8 bridgehead atoms. The number of hydrogen-bond acceptors (Lipinski definition) is 5. The van der Waals surface area contributed by atoms with Gasteiger partial charge in [-0.15, -0.1) is 5.75 Å². The molecule has 0 aliphatic heterocycles. The summed E-state index contributed by atoms with van der Waals surface area (Å²) in [5.74, 6) is -0.585. The van der Waals surface area contributed by atoms with Crippen LogP contribution in [0.25, 0.3) is 11.1 Å². The van der Waals surface area contributed by atoms with Crippen LogP contribution in [0.3, 0.4) is 0 Å². The average molecular weight is 646 g/mol. The summed E-state index contributed by atoms with van der Waals surface area (Å²) in [5, 5.41) is 46.5. The average Bonchev–Trinajstić information content (AvgIpc) is 3.04. The van der Waals surface area contributed by atoms with Crippen molar-refractivity contribution >= 4 is 5.97 Å². The van der Waals surface area contributed by atoms with Gasteiger partial charge in [-0.2, -0.15) is 0 Å². The minimum atomic E-state index is -1.10. The van der Waals surface area contributed by atoms with E-state index in [2.05, 4.69) is 0 Å². The minimum absolute atomic E-state index is 0. The van der Waals surface area contributed by atoms with Crippen LogP contribution in [0.1, 0.15) is 82.5 Å². The summed E-state index contributed by atoms with van der Waals surface area (Å²) in [4.78, 5) is 11.7. The van der Waals surface area contributed by atoms with Crippen LogP contribution in [0, 0.1) is 20.8 Å². The largest absolute Gasteiger partial charge is 0.872 e. The molecule has 0 heterocycles. The van der Waals surface area contributed by atoms with Crippen molar-refractivity contribution < 1.29 is 30.0 Å². The van der Waals surface area contributed by atoms with Gasteiger partial charge >= 0.3 is 5.97 Å². The first-order valence-corrected chi connectivity index (χ1v) is 16.0. The molecule has 3 N–H and O–H groups in total. The minimum Gasteiger partial charge on any atom is -0.872 e. The third kappa shape index (κ3) is 7.66. The second kappa shape index (κ2) is 15.1. The van der Waals surface area contributed by atoms with Crippen molar-refractivity contribution in [1.82, 2.24) is 0 Å². The number of benzene rings is 5. The van der Waals surface area contributed by atoms with Crippen LogP contribution in [0.4, 0.5) is 0 Å². The number of carbonyl (C=O) groups is 1. The van der Waals surface area contributed by atoms with E-state index in [9.17, 15) is 25.2 Å². The van der Waals surface area contributed by atoms with Gasteiger partial charge in [0.15, 0.2) is 6.61 Å². The lowest BCUT2D eigenvalue weighted by atomic mass is 9.88. The maximum absolute atomic E-state index is 13.7. The Kier molecular flexibility index (Phi) is 11.2. The first-order chi connectivity index (χ1) is 22.5. The maximum Gasteiger partial charge on any atom is 0.341 e. The number of phenols is 2. The molecule has 1 aliphatic rings. The number of ether oxygens (including phenoxy) is 1. The molecular weight excluding hydrogens is 600 g/mol. The Balaban J connectivity index is 0.00000170. The topological polar surface area (TPSA) is 110 Å². The molecule has 0 atom stereocenters. The van der Waals surface area contributed by atoms with Gasteiger partial charge in [-0.3, -0.25) is 0 Å². The van der Waals surface area contributed by atoms with Crippen LogP contribution in [0.2, 0.25) is 0 Å². The molecule has 1 aliphatic carbocycles. The molecule has 0 aromatic heterocycles. The fourth-order valence-electron chi connectivity index (χ4n) is 6.55. The van der Waals surface area contributed by atoms with Gasteiger partial charge in [0.05, 0.1) is 0 Å². The highest BCUT2D eigenvalue weighted by atomic mass is 16.5. The SMILES string of the molecule is C.CC.Cc1cc2c([O-])c(c1)Cc1cc(C)cc(c1O)Cc1cc(-c3ccccc3)cc(c1OCC(=O)O)Cc1cc(C)cc(c1O)C2. The number of aromatic hydroxyl groups is 2. The predicted octanol–water partition coefficient (Wildman–Crippen LogP) is 8.57. The molecule has 6 heteroatoms. The van der Waals surface area contributed by atoms with Crippen LogP contribution >= 0.6 is 0 Å². The van der Waals surface area contributed by atoms with Gasteiger partial charge in [0, 0.05) is 25.7 Å². The Morgan fingerprint density at radius 2 is 1.00 bits per heavy atom. The van der Waals surface area contributed by atoms with Crippen LogP contribution < -0.4 is 9.84 Å². The smallest absolute Gasteiger partial charge is 0.341 e. The monoisotopic (exact) mass is 645 g/mol. The summed E-state index contributed by atoms with van der Waals surface area (Å²) in [7, 11) is 0. The van der Waals surface area contributed by atoms with Crippen molar-refractivity contribution in [3.63, 3.8) is 0 Å². The first kappa shape index (κ1) is 35.6. The Labute approximate surface area is 283 Å². The number of fused-ring (bicyclic) bond motifs is 8. The predicted molar refractivity (Wildman–Crippen MR) is 191 cm³/mol. The van der Waals surface area contributed by atoms with Crippen LogP contribution in [-0.4, -0.2) is 27.9 Å². The fourth-order valence-corrected chi connectivity index (χ4v) is 6.55. The van der Waals surface area contributed by atoms with Crippen molar-refractivity contribution in [2.24, 2.45) is 0 Å². The third-order valence-corrected chi connectivity index (χ3v) is 8.42. The Morgan fingerprint density at radius 3 is 1.40 bits per heavy atom. The molecule has 0 fully saturated rings. The molecule has 5 aromatic carbocycles. The highest BCUT2D eigenvalue weighted by Crippen LogP contribution is 2.40. The zero-order valence-electron chi connectivity index (χ0n) is 27.6. The number of phenolic OH excluding ortho intramolecular Hbond substituents is 2. The van der Waals surface area contributed by atoms with E-state index in [4.69, 9.17) is 4.74 Å². The van der Waals surface area contributed by atoms with Gasteiger partial charge < -0.3 is 25.2 Å². The van der Waals surface area contributed by atoms with E-state index in [1.807, 2.05) is 113 Å². The van der Waals surface area contributed by atoms with E-state index in [0.717, 1.165) is 27.8 Å². The van der Waals surface area contributed by atoms with Gasteiger partial charge in [0.1, 0.15) is 17.2 Å². The number of hydrogen-bond donors (Lipinski definition) is 3. The Morgan fingerprint density at radius 1 is 0.625 bits per heavy atom. The molecule has 0 spiro atoms. The van der Waals surface area contributed by atoms with Crippen molar-refractivity contribution in [2.75, 3.05) is 6.61 Å². The molecule has 0 radical (unpaired) electrons. The standard InChI is InChI=1S/C39H36O6.C2H6.CH4/c1-22-9-27-17-29-11-23(2)13-31(37(29)43)19-33-15-26(25-7-5-4-6-8-25)16-34(39(33)45-21-35(40)41)20-32-14-24(3)12-30(38(32)44)18-28(10-22)36(27)42;1-2;/h4-16,42-44H,17-21H2,1-3H3,(H,40,41);1-2H3;1H4/p-1. The van der Waals surface area contributed by atoms with Crippen molar-refractivity contribution in [2.45, 2.75) is 67.7 Å². The van der Waals surface area contributed by atoms with Gasteiger partial charge in [-0.05, 0) is 77.4 Å². The molecule has 48 heavy (non-hydrogen) atoms. The van der Waals surface area contributed by atoms with E-state index in [-0.39, 0.29) is 50.4 Å². The molecule has 5 aromatic rings. The summed E-state index contributed by atoms with van der Waals surface area (Å²) >= 11 is 0. The summed E-state index contributed by atoms with van der Waals surface area (Å²) in [6.45, 7) is 9.32. The molecule has 0 saturated carbocycles. The molecule has 250 valence electrons. The van der Waals surface area contributed by atoms with Crippen molar-refractivity contribution in [1.29, 1.82) is 0 Å². The third-order valence-electron chi connectivity index (χ3n) is 8.42. The molecule has 6 nitrogen and oxygen atoms in total. The Hall–Kier alpha value is -5.23. The highest BCUT2D eigenvalue weighted by molar-refractivity contribution is 5.71. The summed E-state index contributed by atoms with van der Waals surface area (Å²) < 4.78 is 6.01. The lowest BCUT2D eigenvalue weighted by molar-refractivity contribution is -0.270. The first-order valence-electron chi connectivity index (χ1n) is 16.0. The van der Waals surface area contributed by atoms with E-state index >= 15 is 0 Å². The lowest BCUT2D eigenvalue weighted by Gasteiger charge is -2.23. The van der Waals surface area contributed by atoms with Crippen molar-refractivity contribution in [3.8, 4) is 34.1 Å². The van der Waals surface area contributed by atoms with Gasteiger partial charge in [0.25, 0.3) is 0 Å². The van der Waals surface area contributed by atoms with E-state index in [0.29, 0.717) is 50.3 Å². The molecule has 0 amide bonds. The molecule has 0 unspecified atom stereocenters. The normalized spacial score (nSPS) is 11.9. The van der Waals surface area contributed by atoms with Crippen LogP contribution in [0.15, 0.2) is 78.9 Å². The summed E-state index contributed by atoms with van der Waals surface area (Å²) in [5.41, 5.74) is 9.83. The number of carboxylic acid groups (broad SMARTS) is 1. The fraction of sp³-hybridized carbons (Fsp3) is 0.262. The number of carboxylic acids is 1. The highest BCUT2D eigenvalue weighted by Gasteiger charge is 2.21. The second-order valence-electron chi connectivity index (χ2n) is 12.2. The van der Waals surface area contributed by atoms with Gasteiger partial charge in [-0.1, -0.05) is 116 Å². The van der Waals surface area contributed by atoms with Crippen LogP contribution in [0.5, 0.6) is 23.0 Å². The number of aliphatic carboxylic acids is 1.